The first-order valence-corrected chi connectivity index (χ1v) is 16.8. The Labute approximate surface area is 225 Å². The molecule has 3 fully saturated rings. The van der Waals surface area contributed by atoms with Crippen LogP contribution in [-0.2, 0) is 9.53 Å². The van der Waals surface area contributed by atoms with Crippen LogP contribution >= 0.6 is 0 Å². The molecule has 0 amide bonds. The lowest BCUT2D eigenvalue weighted by molar-refractivity contribution is -0.175. The molecule has 0 aromatic rings. The van der Waals surface area contributed by atoms with E-state index in [0.717, 1.165) is 31.1 Å². The molecular weight excluding hydrogens is 440 g/mol. The van der Waals surface area contributed by atoms with Crippen LogP contribution in [0.1, 0.15) is 181 Å². The second kappa shape index (κ2) is 16.4. The topological polar surface area (TPSA) is 26.3 Å². The number of carbonyl (C=O) groups excluding carboxylic acids is 1. The van der Waals surface area contributed by atoms with Crippen molar-refractivity contribution >= 4 is 5.97 Å². The molecule has 3 aliphatic rings. The monoisotopic (exact) mass is 502 g/mol. The van der Waals surface area contributed by atoms with E-state index in [2.05, 4.69) is 13.8 Å². The molecule has 3 aliphatic carbocycles. The standard InChI is InChI=1S/C34H62O2/c1-3-5-7-9-10-11-19-29-36-32(35)34(25-17-13-18-26-34)33(24-16-8-6-4-2)27-22-31(23-28-33)30-20-14-12-15-21-30/h30-31H,3-29H2,1-2H3/t31-,33+. The lowest BCUT2D eigenvalue weighted by Crippen LogP contribution is -2.52. The van der Waals surface area contributed by atoms with E-state index in [1.807, 2.05) is 0 Å². The van der Waals surface area contributed by atoms with Gasteiger partial charge in [-0.05, 0) is 68.6 Å². The highest BCUT2D eigenvalue weighted by Crippen LogP contribution is 2.61. The van der Waals surface area contributed by atoms with Crippen LogP contribution in [0.4, 0.5) is 0 Å². The minimum absolute atomic E-state index is 0.184. The van der Waals surface area contributed by atoms with E-state index < -0.39 is 0 Å². The average Bonchev–Trinajstić information content (AvgIpc) is 2.93. The third-order valence-corrected chi connectivity index (χ3v) is 10.9. The SMILES string of the molecule is CCCCCCCCCOC(=O)C1([C@]2(CCCCCC)CC[C@H](C3CCCCC3)CC2)CCCCC1. The Kier molecular flexibility index (Phi) is 13.7. The fraction of sp³-hybridized carbons (Fsp3) is 0.971. The molecular formula is C34H62O2. The summed E-state index contributed by atoms with van der Waals surface area (Å²) in [6.45, 7) is 5.25. The van der Waals surface area contributed by atoms with Gasteiger partial charge in [-0.2, -0.15) is 0 Å². The maximum absolute atomic E-state index is 14.0. The van der Waals surface area contributed by atoms with Crippen molar-refractivity contribution in [3.05, 3.63) is 0 Å². The van der Waals surface area contributed by atoms with E-state index in [4.69, 9.17) is 4.74 Å². The van der Waals surface area contributed by atoms with Crippen molar-refractivity contribution < 1.29 is 9.53 Å². The van der Waals surface area contributed by atoms with Gasteiger partial charge < -0.3 is 4.74 Å². The molecule has 0 radical (unpaired) electrons. The van der Waals surface area contributed by atoms with E-state index in [9.17, 15) is 4.79 Å². The Balaban J connectivity index is 1.63. The van der Waals surface area contributed by atoms with Gasteiger partial charge in [0, 0.05) is 0 Å². The van der Waals surface area contributed by atoms with E-state index >= 15 is 0 Å². The largest absolute Gasteiger partial charge is 0.465 e. The summed E-state index contributed by atoms with van der Waals surface area (Å²) < 4.78 is 6.22. The Bertz CT molecular complexity index is 576. The Morgan fingerprint density at radius 2 is 1.14 bits per heavy atom. The van der Waals surface area contributed by atoms with Gasteiger partial charge in [-0.1, -0.05) is 129 Å². The molecule has 0 atom stereocenters. The van der Waals surface area contributed by atoms with Crippen LogP contribution in [0.5, 0.6) is 0 Å². The van der Waals surface area contributed by atoms with Gasteiger partial charge >= 0.3 is 5.97 Å². The highest BCUT2D eigenvalue weighted by Gasteiger charge is 2.57. The molecule has 2 nitrogen and oxygen atoms in total. The van der Waals surface area contributed by atoms with Crippen LogP contribution in [0.25, 0.3) is 0 Å². The molecule has 2 heteroatoms. The van der Waals surface area contributed by atoms with Crippen molar-refractivity contribution in [1.82, 2.24) is 0 Å². The van der Waals surface area contributed by atoms with Crippen molar-refractivity contribution in [3.63, 3.8) is 0 Å². The third-order valence-electron chi connectivity index (χ3n) is 10.9. The maximum atomic E-state index is 14.0. The molecule has 3 rings (SSSR count). The number of ether oxygens (including phenoxy) is 1. The van der Waals surface area contributed by atoms with Crippen LogP contribution in [0, 0.1) is 22.7 Å². The van der Waals surface area contributed by atoms with E-state index in [-0.39, 0.29) is 16.8 Å². The predicted molar refractivity (Wildman–Crippen MR) is 154 cm³/mol. The highest BCUT2D eigenvalue weighted by atomic mass is 16.5. The predicted octanol–water partition coefficient (Wildman–Crippen LogP) is 11.0. The number of hydrogen-bond donors (Lipinski definition) is 0. The summed E-state index contributed by atoms with van der Waals surface area (Å²) in [6.07, 6.45) is 34.2. The lowest BCUT2D eigenvalue weighted by atomic mass is 9.49. The first-order chi connectivity index (χ1) is 17.7. The quantitative estimate of drug-likeness (QED) is 0.155. The van der Waals surface area contributed by atoms with Gasteiger partial charge in [-0.3, -0.25) is 4.79 Å². The summed E-state index contributed by atoms with van der Waals surface area (Å²) in [5.41, 5.74) is 0.0275. The minimum atomic E-state index is -0.184. The fourth-order valence-corrected chi connectivity index (χ4v) is 8.60. The van der Waals surface area contributed by atoms with Crippen LogP contribution < -0.4 is 0 Å². The zero-order valence-corrected chi connectivity index (χ0v) is 24.6. The normalized spacial score (nSPS) is 27.1. The molecule has 36 heavy (non-hydrogen) atoms. The molecule has 0 aliphatic heterocycles. The highest BCUT2D eigenvalue weighted by molar-refractivity contribution is 5.78. The molecule has 0 aromatic carbocycles. The second-order valence-electron chi connectivity index (χ2n) is 13.2. The Hall–Kier alpha value is -0.530. The van der Waals surface area contributed by atoms with Crippen LogP contribution in [-0.4, -0.2) is 12.6 Å². The van der Waals surface area contributed by atoms with Crippen LogP contribution in [0.3, 0.4) is 0 Å². The molecule has 0 unspecified atom stereocenters. The molecule has 0 N–H and O–H groups in total. The zero-order valence-electron chi connectivity index (χ0n) is 24.6. The number of carbonyl (C=O) groups is 1. The average molecular weight is 503 g/mol. The zero-order chi connectivity index (χ0) is 25.5. The third kappa shape index (κ3) is 8.23. The number of rotatable bonds is 16. The van der Waals surface area contributed by atoms with E-state index in [0.29, 0.717) is 6.61 Å². The summed E-state index contributed by atoms with van der Waals surface area (Å²) in [7, 11) is 0. The van der Waals surface area contributed by atoms with Crippen molar-refractivity contribution in [3.8, 4) is 0 Å². The smallest absolute Gasteiger partial charge is 0.312 e. The van der Waals surface area contributed by atoms with E-state index in [1.165, 1.54) is 148 Å². The molecule has 0 spiro atoms. The van der Waals surface area contributed by atoms with Crippen molar-refractivity contribution in [1.29, 1.82) is 0 Å². The molecule has 0 heterocycles. The van der Waals surface area contributed by atoms with Gasteiger partial charge in [0.1, 0.15) is 0 Å². The first kappa shape index (κ1) is 30.0. The molecule has 0 aromatic heterocycles. The fourth-order valence-electron chi connectivity index (χ4n) is 8.60. The van der Waals surface area contributed by atoms with Crippen molar-refractivity contribution in [2.45, 2.75) is 181 Å². The maximum Gasteiger partial charge on any atom is 0.312 e. The molecule has 210 valence electrons. The van der Waals surface area contributed by atoms with Gasteiger partial charge in [0.2, 0.25) is 0 Å². The van der Waals surface area contributed by atoms with Gasteiger partial charge in [0.05, 0.1) is 12.0 Å². The van der Waals surface area contributed by atoms with Gasteiger partial charge in [-0.25, -0.2) is 0 Å². The molecule has 3 saturated carbocycles. The number of hydrogen-bond acceptors (Lipinski definition) is 2. The molecule has 0 saturated heterocycles. The van der Waals surface area contributed by atoms with Crippen LogP contribution in [0.2, 0.25) is 0 Å². The Morgan fingerprint density at radius 1 is 0.611 bits per heavy atom. The summed E-state index contributed by atoms with van der Waals surface area (Å²) in [4.78, 5) is 14.0. The van der Waals surface area contributed by atoms with Crippen LogP contribution in [0.15, 0.2) is 0 Å². The minimum Gasteiger partial charge on any atom is -0.465 e. The van der Waals surface area contributed by atoms with Gasteiger partial charge in [0.15, 0.2) is 0 Å². The van der Waals surface area contributed by atoms with E-state index in [1.54, 1.807) is 0 Å². The summed E-state index contributed by atoms with van der Waals surface area (Å²) in [5, 5.41) is 0. The van der Waals surface area contributed by atoms with Crippen molar-refractivity contribution in [2.24, 2.45) is 22.7 Å². The number of esters is 1. The second-order valence-corrected chi connectivity index (χ2v) is 13.2. The number of unbranched alkanes of at least 4 members (excludes halogenated alkanes) is 9. The summed E-state index contributed by atoms with van der Waals surface area (Å²) >= 11 is 0. The summed E-state index contributed by atoms with van der Waals surface area (Å²) in [6, 6.07) is 0. The van der Waals surface area contributed by atoms with Crippen molar-refractivity contribution in [2.75, 3.05) is 6.61 Å². The molecule has 0 bridgehead atoms. The summed E-state index contributed by atoms with van der Waals surface area (Å²) in [5.74, 6) is 2.13. The Morgan fingerprint density at radius 3 is 1.78 bits per heavy atom. The first-order valence-electron chi connectivity index (χ1n) is 16.8. The lowest BCUT2D eigenvalue weighted by Gasteiger charge is -2.55. The van der Waals surface area contributed by atoms with Gasteiger partial charge in [0.25, 0.3) is 0 Å². The van der Waals surface area contributed by atoms with Gasteiger partial charge in [-0.15, -0.1) is 0 Å².